The van der Waals surface area contributed by atoms with E-state index in [0.717, 1.165) is 11.8 Å². The fraction of sp³-hybridized carbons (Fsp3) is 0.387. The Morgan fingerprint density at radius 1 is 1.05 bits per heavy atom. The first kappa shape index (κ1) is 31.3. The molecule has 0 saturated carbocycles. The second kappa shape index (κ2) is 11.9. The highest BCUT2D eigenvalue weighted by Crippen LogP contribution is 2.41. The topological polar surface area (TPSA) is 109 Å². The van der Waals surface area contributed by atoms with Crippen molar-refractivity contribution in [1.29, 1.82) is 0 Å². The fourth-order valence-corrected chi connectivity index (χ4v) is 5.94. The lowest BCUT2D eigenvalue weighted by Crippen LogP contribution is -2.29. The van der Waals surface area contributed by atoms with E-state index in [1.165, 1.54) is 4.57 Å². The van der Waals surface area contributed by atoms with Gasteiger partial charge in [0.2, 0.25) is 0 Å². The van der Waals surface area contributed by atoms with Gasteiger partial charge in [0, 0.05) is 16.8 Å². The minimum atomic E-state index is -3.35. The van der Waals surface area contributed by atoms with Crippen molar-refractivity contribution in [2.24, 2.45) is 0 Å². The summed E-state index contributed by atoms with van der Waals surface area (Å²) in [6.07, 6.45) is 0.388. The van der Waals surface area contributed by atoms with Crippen LogP contribution in [0.1, 0.15) is 74.8 Å². The Labute approximate surface area is 251 Å². The van der Waals surface area contributed by atoms with Gasteiger partial charge in [0.1, 0.15) is 16.8 Å². The van der Waals surface area contributed by atoms with Crippen LogP contribution in [0.2, 0.25) is 5.02 Å². The third-order valence-electron chi connectivity index (χ3n) is 6.40. The molecule has 0 amide bonds. The first-order chi connectivity index (χ1) is 19.6. The van der Waals surface area contributed by atoms with Gasteiger partial charge in [-0.1, -0.05) is 67.9 Å². The fourth-order valence-electron chi connectivity index (χ4n) is 4.79. The molecule has 0 radical (unpaired) electrons. The van der Waals surface area contributed by atoms with Gasteiger partial charge in [-0.25, -0.2) is 22.6 Å². The van der Waals surface area contributed by atoms with Crippen LogP contribution in [0.3, 0.4) is 0 Å². The standard InChI is InChI=1S/C31H36ClN3O6S/c1-8-40-29(36)27-24(21-14-15-22(23(32)16-21)18-42(7,38)39)26-28(35(27)30(37)41-31(4,5)6)25(19(2)3)33-34(26)17-20-12-10-9-11-13-20/h9-16,19H,8,17-18H2,1-7H3. The van der Waals surface area contributed by atoms with Crippen molar-refractivity contribution in [2.45, 2.75) is 65.4 Å². The number of aromatic nitrogens is 3. The van der Waals surface area contributed by atoms with Gasteiger partial charge in [0.25, 0.3) is 0 Å². The third-order valence-corrected chi connectivity index (χ3v) is 7.59. The zero-order valence-corrected chi connectivity index (χ0v) is 26.5. The molecule has 0 aliphatic rings. The van der Waals surface area contributed by atoms with Crippen molar-refractivity contribution >= 4 is 44.5 Å². The summed E-state index contributed by atoms with van der Waals surface area (Å²) >= 11 is 6.61. The number of carbonyl (C=O) groups is 2. The smallest absolute Gasteiger partial charge is 0.419 e. The quantitative estimate of drug-likeness (QED) is 0.200. The number of carbonyl (C=O) groups excluding carboxylic acids is 2. The summed E-state index contributed by atoms with van der Waals surface area (Å²) in [7, 11) is -3.35. The van der Waals surface area contributed by atoms with Crippen molar-refractivity contribution in [3.63, 3.8) is 0 Å². The highest BCUT2D eigenvalue weighted by Gasteiger charge is 2.35. The van der Waals surface area contributed by atoms with Crippen molar-refractivity contribution < 1.29 is 27.5 Å². The zero-order valence-electron chi connectivity index (χ0n) is 24.9. The summed E-state index contributed by atoms with van der Waals surface area (Å²) in [5.74, 6) is -1.08. The number of hydrogen-bond donors (Lipinski definition) is 0. The monoisotopic (exact) mass is 613 g/mol. The van der Waals surface area contributed by atoms with Crippen molar-refractivity contribution in [2.75, 3.05) is 12.9 Å². The Hall–Kier alpha value is -3.63. The largest absolute Gasteiger partial charge is 0.461 e. The minimum Gasteiger partial charge on any atom is -0.461 e. The molecule has 0 aliphatic heterocycles. The predicted octanol–water partition coefficient (Wildman–Crippen LogP) is 6.83. The molecule has 0 aliphatic carbocycles. The van der Waals surface area contributed by atoms with Gasteiger partial charge in [0.05, 0.1) is 30.1 Å². The lowest BCUT2D eigenvalue weighted by Gasteiger charge is -2.21. The summed E-state index contributed by atoms with van der Waals surface area (Å²) in [6, 6.07) is 14.6. The normalized spacial score (nSPS) is 12.2. The summed E-state index contributed by atoms with van der Waals surface area (Å²) in [6.45, 7) is 11.3. The van der Waals surface area contributed by atoms with E-state index in [2.05, 4.69) is 0 Å². The van der Waals surface area contributed by atoms with E-state index in [4.69, 9.17) is 26.2 Å². The second-order valence-corrected chi connectivity index (χ2v) is 14.1. The molecule has 4 aromatic rings. The maximum absolute atomic E-state index is 13.9. The average molecular weight is 614 g/mol. The van der Waals surface area contributed by atoms with Gasteiger partial charge in [-0.05, 0) is 56.4 Å². The molecule has 0 fully saturated rings. The summed E-state index contributed by atoms with van der Waals surface area (Å²) in [5.41, 5.74) is 2.96. The molecule has 2 aromatic carbocycles. The maximum Gasteiger partial charge on any atom is 0.419 e. The number of rotatable bonds is 8. The molecule has 0 atom stereocenters. The van der Waals surface area contributed by atoms with Gasteiger partial charge < -0.3 is 9.47 Å². The lowest BCUT2D eigenvalue weighted by atomic mass is 10.0. The van der Waals surface area contributed by atoms with Crippen molar-refractivity contribution in [3.05, 3.63) is 76.1 Å². The number of esters is 1. The maximum atomic E-state index is 13.9. The molecule has 0 spiro atoms. The molecular formula is C31H36ClN3O6S. The molecule has 0 saturated heterocycles. The molecule has 0 bridgehead atoms. The Bertz CT molecular complexity index is 1750. The van der Waals surface area contributed by atoms with Gasteiger partial charge in [-0.15, -0.1) is 0 Å². The molecule has 42 heavy (non-hydrogen) atoms. The lowest BCUT2D eigenvalue weighted by molar-refractivity contribution is 0.0454. The molecular weight excluding hydrogens is 578 g/mol. The third kappa shape index (κ3) is 6.71. The van der Waals surface area contributed by atoms with Crippen LogP contribution >= 0.6 is 11.6 Å². The van der Waals surface area contributed by atoms with E-state index in [9.17, 15) is 18.0 Å². The van der Waals surface area contributed by atoms with E-state index in [1.54, 1.807) is 50.6 Å². The molecule has 0 N–H and O–H groups in total. The van der Waals surface area contributed by atoms with E-state index in [0.29, 0.717) is 40.0 Å². The molecule has 224 valence electrons. The number of fused-ring (bicyclic) bond motifs is 1. The van der Waals surface area contributed by atoms with Crippen molar-refractivity contribution in [1.82, 2.24) is 14.3 Å². The van der Waals surface area contributed by atoms with Gasteiger partial charge in [-0.3, -0.25) is 4.68 Å². The highest BCUT2D eigenvalue weighted by atomic mass is 35.5. The zero-order chi connectivity index (χ0) is 31.0. The average Bonchev–Trinajstić information content (AvgIpc) is 3.40. The van der Waals surface area contributed by atoms with Crippen LogP contribution in [0.15, 0.2) is 48.5 Å². The highest BCUT2D eigenvalue weighted by molar-refractivity contribution is 7.89. The van der Waals surface area contributed by atoms with E-state index >= 15 is 0 Å². The van der Waals surface area contributed by atoms with Gasteiger partial charge in [-0.2, -0.15) is 5.10 Å². The van der Waals surface area contributed by atoms with Gasteiger partial charge >= 0.3 is 12.1 Å². The number of nitrogens with zero attached hydrogens (tertiary/aromatic N) is 3. The molecule has 11 heteroatoms. The number of hydrogen-bond acceptors (Lipinski definition) is 7. The summed E-state index contributed by atoms with van der Waals surface area (Å²) in [4.78, 5) is 27.6. The summed E-state index contributed by atoms with van der Waals surface area (Å²) < 4.78 is 38.3. The van der Waals surface area contributed by atoms with Gasteiger partial charge in [0.15, 0.2) is 9.84 Å². The van der Waals surface area contributed by atoms with Crippen LogP contribution in [0.25, 0.3) is 22.2 Å². The van der Waals surface area contributed by atoms with Crippen LogP contribution in [0.5, 0.6) is 0 Å². The Morgan fingerprint density at radius 2 is 1.71 bits per heavy atom. The Morgan fingerprint density at radius 3 is 2.26 bits per heavy atom. The SMILES string of the molecule is CCOC(=O)c1c(-c2ccc(CS(C)(=O)=O)c(Cl)c2)c2c(c(C(C)C)nn2Cc2ccccc2)n1C(=O)OC(C)(C)C. The van der Waals surface area contributed by atoms with E-state index in [1.807, 2.05) is 44.2 Å². The Balaban J connectivity index is 2.14. The minimum absolute atomic E-state index is 0.0193. The van der Waals surface area contributed by atoms with Crippen LogP contribution < -0.4 is 0 Å². The molecule has 9 nitrogen and oxygen atoms in total. The molecule has 4 rings (SSSR count). The Kier molecular flexibility index (Phi) is 8.89. The number of halogens is 1. The van der Waals surface area contributed by atoms with Crippen LogP contribution in [-0.2, 0) is 31.6 Å². The van der Waals surface area contributed by atoms with Crippen LogP contribution in [0.4, 0.5) is 4.79 Å². The molecule has 0 unspecified atom stereocenters. The number of benzene rings is 2. The van der Waals surface area contributed by atoms with E-state index in [-0.39, 0.29) is 29.0 Å². The molecule has 2 aromatic heterocycles. The molecule has 2 heterocycles. The predicted molar refractivity (Wildman–Crippen MR) is 164 cm³/mol. The van der Waals surface area contributed by atoms with E-state index < -0.39 is 27.5 Å². The first-order valence-corrected chi connectivity index (χ1v) is 16.1. The first-order valence-electron chi connectivity index (χ1n) is 13.7. The van der Waals surface area contributed by atoms with Crippen LogP contribution in [-0.4, -0.2) is 53.3 Å². The number of ether oxygens (including phenoxy) is 2. The second-order valence-electron chi connectivity index (χ2n) is 11.5. The van der Waals surface area contributed by atoms with Crippen LogP contribution in [0, 0.1) is 0 Å². The number of sulfone groups is 1. The summed E-state index contributed by atoms with van der Waals surface area (Å²) in [5, 5.41) is 5.14. The van der Waals surface area contributed by atoms with Crippen molar-refractivity contribution in [3.8, 4) is 11.1 Å².